The number of aldehydes is 1. The Morgan fingerprint density at radius 1 is 1.04 bits per heavy atom. The Balaban J connectivity index is 1.57. The molecule has 0 radical (unpaired) electrons. The lowest BCUT2D eigenvalue weighted by Crippen LogP contribution is -2.57. The monoisotopic (exact) mass is 363 g/mol. The van der Waals surface area contributed by atoms with Crippen molar-refractivity contribution in [3.8, 4) is 0 Å². The summed E-state index contributed by atoms with van der Waals surface area (Å²) in [5.74, 6) is 0.0326. The Kier molecular flexibility index (Phi) is 4.72. The number of nitrogens with zero attached hydrogens (tertiary/aromatic N) is 2. The molecular formula is C18H25N3O5. The molecule has 8 nitrogen and oxygen atoms in total. The van der Waals surface area contributed by atoms with Crippen LogP contribution in [0.4, 0.5) is 5.69 Å². The van der Waals surface area contributed by atoms with Gasteiger partial charge in [0.25, 0.3) is 0 Å². The molecule has 3 aliphatic rings. The minimum Gasteiger partial charge on any atom is -0.379 e. The number of hydrogen-bond donors (Lipinski definition) is 5. The summed E-state index contributed by atoms with van der Waals surface area (Å²) in [6.45, 7) is 1.45. The van der Waals surface area contributed by atoms with Gasteiger partial charge in [0.15, 0.2) is 0 Å². The lowest BCUT2D eigenvalue weighted by Gasteiger charge is -2.40. The first-order chi connectivity index (χ1) is 12.5. The SMILES string of the molecule is O=CC1CCN(c2ccc3c(c2)C(O)N(C2CCC(O)NC2O)C3O)C1. The Bertz CT molecular complexity index is 687. The highest BCUT2D eigenvalue weighted by Gasteiger charge is 2.45. The summed E-state index contributed by atoms with van der Waals surface area (Å²) in [6.07, 6.45) is -1.19. The summed E-state index contributed by atoms with van der Waals surface area (Å²) in [7, 11) is 0. The molecule has 6 unspecified atom stereocenters. The van der Waals surface area contributed by atoms with Crippen LogP contribution in [0.3, 0.4) is 0 Å². The normalized spacial score (nSPS) is 37.8. The van der Waals surface area contributed by atoms with Crippen LogP contribution in [0.25, 0.3) is 0 Å². The number of piperidine rings is 1. The van der Waals surface area contributed by atoms with Crippen LogP contribution in [-0.4, -0.2) is 63.2 Å². The third kappa shape index (κ3) is 2.92. The molecule has 6 atom stereocenters. The molecule has 0 amide bonds. The van der Waals surface area contributed by atoms with E-state index in [4.69, 9.17) is 0 Å². The van der Waals surface area contributed by atoms with E-state index in [0.29, 0.717) is 30.5 Å². The van der Waals surface area contributed by atoms with Crippen LogP contribution >= 0.6 is 0 Å². The molecule has 0 aromatic heterocycles. The third-order valence-electron chi connectivity index (χ3n) is 5.82. The summed E-state index contributed by atoms with van der Waals surface area (Å²) in [4.78, 5) is 14.6. The zero-order chi connectivity index (χ0) is 18.4. The predicted octanol–water partition coefficient (Wildman–Crippen LogP) is -0.602. The number of fused-ring (bicyclic) bond motifs is 1. The molecule has 0 spiro atoms. The predicted molar refractivity (Wildman–Crippen MR) is 92.8 cm³/mol. The van der Waals surface area contributed by atoms with Crippen LogP contribution in [0.2, 0.25) is 0 Å². The quantitative estimate of drug-likeness (QED) is 0.452. The fourth-order valence-electron chi connectivity index (χ4n) is 4.36. The molecule has 142 valence electrons. The molecule has 1 aromatic carbocycles. The molecule has 8 heteroatoms. The minimum absolute atomic E-state index is 0.0326. The van der Waals surface area contributed by atoms with Crippen LogP contribution in [0.15, 0.2) is 18.2 Å². The van der Waals surface area contributed by atoms with Gasteiger partial charge in [0.2, 0.25) is 0 Å². The standard InChI is InChI=1S/C18H25N3O5/c22-9-10-5-6-20(8-10)11-1-2-12-13(7-11)18(26)21(17(12)25)14-3-4-15(23)19-16(14)24/h1-2,7,9-10,14-19,23-26H,3-6,8H2. The van der Waals surface area contributed by atoms with E-state index in [1.807, 2.05) is 12.1 Å². The average molecular weight is 363 g/mol. The lowest BCUT2D eigenvalue weighted by atomic mass is 10.0. The summed E-state index contributed by atoms with van der Waals surface area (Å²) in [6, 6.07) is 5.04. The van der Waals surface area contributed by atoms with Crippen molar-refractivity contribution in [2.45, 2.75) is 50.2 Å². The molecule has 0 saturated carbocycles. The Morgan fingerprint density at radius 3 is 2.50 bits per heavy atom. The second kappa shape index (κ2) is 6.88. The van der Waals surface area contributed by atoms with Gasteiger partial charge in [-0.3, -0.25) is 5.32 Å². The van der Waals surface area contributed by atoms with Gasteiger partial charge in [0.1, 0.15) is 31.2 Å². The first kappa shape index (κ1) is 17.8. The van der Waals surface area contributed by atoms with E-state index in [9.17, 15) is 25.2 Å². The van der Waals surface area contributed by atoms with E-state index in [2.05, 4.69) is 10.2 Å². The van der Waals surface area contributed by atoms with Gasteiger partial charge >= 0.3 is 0 Å². The maximum absolute atomic E-state index is 11.0. The number of carbonyl (C=O) groups excluding carboxylic acids is 1. The topological polar surface area (TPSA) is 117 Å². The second-order valence-corrected chi connectivity index (χ2v) is 7.41. The van der Waals surface area contributed by atoms with Crippen molar-refractivity contribution < 1.29 is 25.2 Å². The highest BCUT2D eigenvalue weighted by atomic mass is 16.3. The van der Waals surface area contributed by atoms with Gasteiger partial charge in [0.05, 0.1) is 6.04 Å². The van der Waals surface area contributed by atoms with E-state index in [1.165, 1.54) is 4.90 Å². The van der Waals surface area contributed by atoms with Crippen molar-refractivity contribution in [2.75, 3.05) is 18.0 Å². The van der Waals surface area contributed by atoms with Gasteiger partial charge < -0.3 is 30.1 Å². The first-order valence-corrected chi connectivity index (χ1v) is 9.09. The van der Waals surface area contributed by atoms with Crippen molar-refractivity contribution in [3.63, 3.8) is 0 Å². The van der Waals surface area contributed by atoms with Crippen LogP contribution in [0, 0.1) is 5.92 Å². The fraction of sp³-hybridized carbons (Fsp3) is 0.611. The van der Waals surface area contributed by atoms with Gasteiger partial charge in [-0.1, -0.05) is 6.07 Å². The fourth-order valence-corrected chi connectivity index (χ4v) is 4.36. The minimum atomic E-state index is -1.04. The maximum Gasteiger partial charge on any atom is 0.136 e. The van der Waals surface area contributed by atoms with Crippen LogP contribution in [-0.2, 0) is 4.79 Å². The summed E-state index contributed by atoms with van der Waals surface area (Å²) < 4.78 is 0. The molecule has 0 aliphatic carbocycles. The molecular weight excluding hydrogens is 338 g/mol. The Hall–Kier alpha value is -1.55. The van der Waals surface area contributed by atoms with E-state index < -0.39 is 31.0 Å². The molecule has 2 saturated heterocycles. The second-order valence-electron chi connectivity index (χ2n) is 7.41. The molecule has 26 heavy (non-hydrogen) atoms. The largest absolute Gasteiger partial charge is 0.379 e. The molecule has 2 fully saturated rings. The van der Waals surface area contributed by atoms with E-state index in [-0.39, 0.29) is 5.92 Å². The van der Waals surface area contributed by atoms with Crippen molar-refractivity contribution in [1.29, 1.82) is 0 Å². The van der Waals surface area contributed by atoms with Crippen LogP contribution in [0.1, 0.15) is 42.8 Å². The summed E-state index contributed by atoms with van der Waals surface area (Å²) in [5, 5.41) is 44.0. The number of hydrogen-bond acceptors (Lipinski definition) is 8. The summed E-state index contributed by atoms with van der Waals surface area (Å²) >= 11 is 0. The maximum atomic E-state index is 11.0. The smallest absolute Gasteiger partial charge is 0.136 e. The molecule has 5 N–H and O–H groups in total. The molecule has 4 rings (SSSR count). The van der Waals surface area contributed by atoms with Gasteiger partial charge in [0, 0.05) is 35.8 Å². The number of anilines is 1. The lowest BCUT2D eigenvalue weighted by molar-refractivity contribution is -0.159. The van der Waals surface area contributed by atoms with Gasteiger partial charge in [-0.05, 0) is 31.4 Å². The number of benzene rings is 1. The van der Waals surface area contributed by atoms with E-state index >= 15 is 0 Å². The van der Waals surface area contributed by atoms with Crippen LogP contribution < -0.4 is 10.2 Å². The van der Waals surface area contributed by atoms with Crippen LogP contribution in [0.5, 0.6) is 0 Å². The zero-order valence-corrected chi connectivity index (χ0v) is 14.4. The number of aliphatic hydroxyl groups is 4. The first-order valence-electron chi connectivity index (χ1n) is 9.09. The van der Waals surface area contributed by atoms with Gasteiger partial charge in [-0.15, -0.1) is 0 Å². The Morgan fingerprint density at radius 2 is 1.81 bits per heavy atom. The summed E-state index contributed by atoms with van der Waals surface area (Å²) in [5.41, 5.74) is 2.15. The van der Waals surface area contributed by atoms with Crippen molar-refractivity contribution in [2.24, 2.45) is 5.92 Å². The number of carbonyl (C=O) groups is 1. The van der Waals surface area contributed by atoms with E-state index in [1.54, 1.807) is 6.07 Å². The number of aliphatic hydroxyl groups excluding tert-OH is 4. The van der Waals surface area contributed by atoms with Crippen molar-refractivity contribution in [3.05, 3.63) is 29.3 Å². The van der Waals surface area contributed by atoms with Crippen molar-refractivity contribution in [1.82, 2.24) is 10.2 Å². The molecule has 3 heterocycles. The highest BCUT2D eigenvalue weighted by Crippen LogP contribution is 2.44. The number of rotatable bonds is 3. The number of nitrogens with one attached hydrogen (secondary N) is 1. The molecule has 3 aliphatic heterocycles. The average Bonchev–Trinajstić information content (AvgIpc) is 3.20. The molecule has 0 bridgehead atoms. The van der Waals surface area contributed by atoms with Crippen molar-refractivity contribution >= 4 is 12.0 Å². The third-order valence-corrected chi connectivity index (χ3v) is 5.82. The van der Waals surface area contributed by atoms with Gasteiger partial charge in [-0.2, -0.15) is 0 Å². The van der Waals surface area contributed by atoms with E-state index in [0.717, 1.165) is 24.9 Å². The highest BCUT2D eigenvalue weighted by molar-refractivity contribution is 5.60. The van der Waals surface area contributed by atoms with Gasteiger partial charge in [-0.25, -0.2) is 4.90 Å². The Labute approximate surface area is 151 Å². The molecule has 1 aromatic rings. The zero-order valence-electron chi connectivity index (χ0n) is 14.4.